The van der Waals surface area contributed by atoms with E-state index in [1.54, 1.807) is 6.08 Å². The molecule has 0 bridgehead atoms. The van der Waals surface area contributed by atoms with Crippen LogP contribution >= 0.6 is 11.6 Å². The van der Waals surface area contributed by atoms with E-state index in [1.165, 1.54) is 10.9 Å². The van der Waals surface area contributed by atoms with Crippen molar-refractivity contribution < 1.29 is 4.79 Å². The summed E-state index contributed by atoms with van der Waals surface area (Å²) in [5.74, 6) is 0. The van der Waals surface area contributed by atoms with Gasteiger partial charge in [0.2, 0.25) is 0 Å². The van der Waals surface area contributed by atoms with E-state index in [-0.39, 0.29) is 11.4 Å². The van der Waals surface area contributed by atoms with Crippen LogP contribution in [0, 0.1) is 0 Å². The first-order valence-corrected chi connectivity index (χ1v) is 9.31. The maximum atomic E-state index is 8.00. The summed E-state index contributed by atoms with van der Waals surface area (Å²) in [7, 11) is 1.91. The van der Waals surface area contributed by atoms with Crippen LogP contribution in [0.1, 0.15) is 20.8 Å². The van der Waals surface area contributed by atoms with Crippen molar-refractivity contribution in [1.29, 1.82) is 0 Å². The van der Waals surface area contributed by atoms with Crippen LogP contribution < -0.4 is 5.32 Å². The number of aromatic amines is 1. The number of alkyl halides is 1. The van der Waals surface area contributed by atoms with Gasteiger partial charge in [0.1, 0.15) is 6.79 Å². The molecule has 1 heterocycles. The first-order valence-electron chi connectivity index (χ1n) is 8.88. The van der Waals surface area contributed by atoms with E-state index >= 15 is 0 Å². The zero-order chi connectivity index (χ0) is 21.1. The number of H-pyrrole nitrogens is 1. The third-order valence-corrected chi connectivity index (χ3v) is 3.69. The number of halogens is 1. The molecule has 0 aliphatic carbocycles. The number of nitrogens with one attached hydrogen (secondary N) is 2. The molecule has 3 nitrogen and oxygen atoms in total. The lowest BCUT2D eigenvalue weighted by Gasteiger charge is -2.12. The average molecular weight is 389 g/mol. The number of benzene rings is 1. The number of rotatable bonds is 6. The van der Waals surface area contributed by atoms with Gasteiger partial charge in [0.15, 0.2) is 0 Å². The Balaban J connectivity index is 0. The van der Waals surface area contributed by atoms with Crippen LogP contribution in [-0.2, 0) is 4.79 Å². The molecule has 2 unspecified atom stereocenters. The minimum atomic E-state index is -0.114. The molecule has 27 heavy (non-hydrogen) atoms. The fourth-order valence-electron chi connectivity index (χ4n) is 1.97. The van der Waals surface area contributed by atoms with E-state index in [2.05, 4.69) is 48.6 Å². The van der Waals surface area contributed by atoms with Crippen molar-refractivity contribution in [2.24, 2.45) is 0 Å². The summed E-state index contributed by atoms with van der Waals surface area (Å²) >= 11 is 6.05. The Morgan fingerprint density at radius 1 is 1.19 bits per heavy atom. The lowest BCUT2D eigenvalue weighted by Crippen LogP contribution is -2.23. The summed E-state index contributed by atoms with van der Waals surface area (Å²) in [5.41, 5.74) is 2.30. The van der Waals surface area contributed by atoms with Crippen LogP contribution in [0.4, 0.5) is 0 Å². The predicted octanol–water partition coefficient (Wildman–Crippen LogP) is 6.07. The number of likely N-dealkylation sites (N-methyl/N-ethyl adjacent to an activating group) is 1. The highest BCUT2D eigenvalue weighted by molar-refractivity contribution is 6.23. The second-order valence-corrected chi connectivity index (χ2v) is 5.52. The van der Waals surface area contributed by atoms with Gasteiger partial charge in [-0.3, -0.25) is 0 Å². The summed E-state index contributed by atoms with van der Waals surface area (Å²) < 4.78 is 0. The number of carbonyl (C=O) groups excluding carboxylic acids is 1. The van der Waals surface area contributed by atoms with Crippen molar-refractivity contribution in [2.75, 3.05) is 7.05 Å². The number of allylic oxidation sites excluding steroid dienone is 4. The number of aromatic nitrogens is 1. The van der Waals surface area contributed by atoms with E-state index in [1.807, 2.05) is 70.3 Å². The van der Waals surface area contributed by atoms with Gasteiger partial charge in [-0.05, 0) is 37.1 Å². The molecule has 2 rings (SSSR count). The lowest BCUT2D eigenvalue weighted by atomic mass is 10.1. The molecule has 2 atom stereocenters. The highest BCUT2D eigenvalue weighted by atomic mass is 35.5. The highest BCUT2D eigenvalue weighted by Gasteiger charge is 2.03. The number of hydrogen-bond donors (Lipinski definition) is 2. The Bertz CT molecular complexity index is 658. The molecule has 4 heteroatoms. The quantitative estimate of drug-likeness (QED) is 0.466. The highest BCUT2D eigenvalue weighted by Crippen LogP contribution is 2.10. The molecule has 0 amide bonds. The van der Waals surface area contributed by atoms with Crippen LogP contribution in [0.5, 0.6) is 0 Å². The third-order valence-electron chi connectivity index (χ3n) is 3.41. The lowest BCUT2D eigenvalue weighted by molar-refractivity contribution is -0.0979. The first-order chi connectivity index (χ1) is 13.1. The molecule has 0 aliphatic rings. The minimum absolute atomic E-state index is 0.114. The fourth-order valence-corrected chi connectivity index (χ4v) is 2.20. The molecule has 1 aromatic heterocycles. The molecule has 0 saturated carbocycles. The van der Waals surface area contributed by atoms with Gasteiger partial charge in [0.05, 0.1) is 5.38 Å². The van der Waals surface area contributed by atoms with E-state index in [4.69, 9.17) is 16.4 Å². The normalized spacial score (nSPS) is 12.4. The van der Waals surface area contributed by atoms with Gasteiger partial charge in [0, 0.05) is 17.8 Å². The summed E-state index contributed by atoms with van der Waals surface area (Å²) in [6, 6.07) is 10.6. The molecule has 0 fully saturated rings. The average Bonchev–Trinajstić information content (AvgIpc) is 3.22. The maximum absolute atomic E-state index is 8.00. The molecule has 0 radical (unpaired) electrons. The molecular weight excluding hydrogens is 356 g/mol. The molecule has 0 saturated heterocycles. The van der Waals surface area contributed by atoms with Crippen molar-refractivity contribution in [3.8, 4) is 0 Å². The second kappa shape index (κ2) is 18.4. The number of carbonyl (C=O) groups is 1. The largest absolute Gasteiger partial charge is 0.361 e. The smallest absolute Gasteiger partial charge is 0.106 e. The Kier molecular flexibility index (Phi) is 18.3. The fraction of sp³-hybridized carbons (Fsp3) is 0.261. The Morgan fingerprint density at radius 2 is 1.81 bits per heavy atom. The monoisotopic (exact) mass is 388 g/mol. The SMILES string of the molecule is C=CC=CC(Cl)/C=C(\C=C)C(C)NC.C=O.CC.c1ccc2[nH]ccc2c1. The van der Waals surface area contributed by atoms with Crippen LogP contribution in [-0.4, -0.2) is 30.2 Å². The third kappa shape index (κ3) is 11.8. The van der Waals surface area contributed by atoms with Gasteiger partial charge in [0.25, 0.3) is 0 Å². The van der Waals surface area contributed by atoms with Crippen molar-refractivity contribution in [3.63, 3.8) is 0 Å². The zero-order valence-electron chi connectivity index (χ0n) is 16.9. The van der Waals surface area contributed by atoms with Gasteiger partial charge >= 0.3 is 0 Å². The summed E-state index contributed by atoms with van der Waals surface area (Å²) in [6.07, 6.45) is 11.1. The Labute approximate surface area is 169 Å². The van der Waals surface area contributed by atoms with Gasteiger partial charge in [-0.2, -0.15) is 0 Å². The number of fused-ring (bicyclic) bond motifs is 1. The molecule has 2 aromatic rings. The predicted molar refractivity (Wildman–Crippen MR) is 123 cm³/mol. The minimum Gasteiger partial charge on any atom is -0.361 e. The first kappa shape index (κ1) is 26.9. The number of hydrogen-bond acceptors (Lipinski definition) is 2. The van der Waals surface area contributed by atoms with Crippen molar-refractivity contribution in [2.45, 2.75) is 32.2 Å². The van der Waals surface area contributed by atoms with Gasteiger partial charge in [-0.1, -0.05) is 75.6 Å². The van der Waals surface area contributed by atoms with Crippen LogP contribution in [0.15, 0.2) is 85.6 Å². The Hall–Kier alpha value is -2.36. The maximum Gasteiger partial charge on any atom is 0.106 e. The van der Waals surface area contributed by atoms with E-state index in [0.29, 0.717) is 0 Å². The molecular formula is C23H33ClN2O. The van der Waals surface area contributed by atoms with Gasteiger partial charge in [-0.25, -0.2) is 0 Å². The Morgan fingerprint density at radius 3 is 2.33 bits per heavy atom. The van der Waals surface area contributed by atoms with E-state index < -0.39 is 0 Å². The van der Waals surface area contributed by atoms with Crippen LogP contribution in [0.3, 0.4) is 0 Å². The topological polar surface area (TPSA) is 44.9 Å². The van der Waals surface area contributed by atoms with Crippen LogP contribution in [0.25, 0.3) is 10.9 Å². The zero-order valence-corrected chi connectivity index (χ0v) is 17.7. The van der Waals surface area contributed by atoms with Crippen molar-refractivity contribution in [1.82, 2.24) is 10.3 Å². The molecule has 1 aromatic carbocycles. The standard InChI is InChI=1S/C12H18ClN.C8H7N.C2H6.CH2O/c1-5-7-8-12(13)9-11(6-2)10(3)14-4;1-2-4-8-7(3-1)5-6-9-8;2*1-2/h5-10,12,14H,1-2H2,3-4H3;1-6,9H;1-2H3;1H2/b8-7?,11-9+;;;. The van der Waals surface area contributed by atoms with Crippen molar-refractivity contribution >= 4 is 29.3 Å². The molecule has 0 aliphatic heterocycles. The van der Waals surface area contributed by atoms with E-state index in [0.717, 1.165) is 5.57 Å². The van der Waals surface area contributed by atoms with Crippen molar-refractivity contribution in [3.05, 3.63) is 85.6 Å². The van der Waals surface area contributed by atoms with Gasteiger partial charge < -0.3 is 15.1 Å². The van der Waals surface area contributed by atoms with Crippen LogP contribution in [0.2, 0.25) is 0 Å². The summed E-state index contributed by atoms with van der Waals surface area (Å²) in [4.78, 5) is 11.1. The molecule has 2 N–H and O–H groups in total. The summed E-state index contributed by atoms with van der Waals surface area (Å²) in [6.45, 7) is 15.4. The van der Waals surface area contributed by atoms with E-state index in [9.17, 15) is 0 Å². The molecule has 0 spiro atoms. The second-order valence-electron chi connectivity index (χ2n) is 5.01. The molecule has 148 valence electrons. The summed E-state index contributed by atoms with van der Waals surface area (Å²) in [5, 5.41) is 4.30. The number of para-hydroxylation sites is 1. The van der Waals surface area contributed by atoms with Gasteiger partial charge in [-0.15, -0.1) is 11.6 Å².